The SMILES string of the molecule is COc1ccc(F)cc1-c1ccnc2[nH]c(C3=CCN(CC(=O)N4CC(C)(O)C4)CC3)cc12. The Morgan fingerprint density at radius 3 is 2.79 bits per heavy atom. The number of likely N-dealkylation sites (tertiary alicyclic amines) is 1. The zero-order chi connectivity index (χ0) is 23.2. The van der Waals surface area contributed by atoms with E-state index in [0.717, 1.165) is 35.3 Å². The van der Waals surface area contributed by atoms with Crippen molar-refractivity contribution in [2.24, 2.45) is 0 Å². The van der Waals surface area contributed by atoms with E-state index < -0.39 is 5.60 Å². The third-order valence-electron chi connectivity index (χ3n) is 6.40. The van der Waals surface area contributed by atoms with Crippen LogP contribution in [0.25, 0.3) is 27.7 Å². The Labute approximate surface area is 191 Å². The third kappa shape index (κ3) is 4.24. The van der Waals surface area contributed by atoms with Crippen molar-refractivity contribution in [3.8, 4) is 16.9 Å². The minimum atomic E-state index is -0.747. The van der Waals surface area contributed by atoms with Crippen LogP contribution in [0.1, 0.15) is 19.0 Å². The molecule has 172 valence electrons. The van der Waals surface area contributed by atoms with Gasteiger partial charge in [0.25, 0.3) is 0 Å². The molecule has 0 radical (unpaired) electrons. The van der Waals surface area contributed by atoms with Gasteiger partial charge in [0.1, 0.15) is 17.2 Å². The van der Waals surface area contributed by atoms with E-state index in [1.165, 1.54) is 17.7 Å². The van der Waals surface area contributed by atoms with Gasteiger partial charge in [-0.2, -0.15) is 0 Å². The topological polar surface area (TPSA) is 81.7 Å². The van der Waals surface area contributed by atoms with E-state index in [1.54, 1.807) is 31.2 Å². The lowest BCUT2D eigenvalue weighted by molar-refractivity contribution is -0.153. The second-order valence-electron chi connectivity index (χ2n) is 9.11. The molecule has 0 bridgehead atoms. The van der Waals surface area contributed by atoms with Crippen LogP contribution in [0.2, 0.25) is 0 Å². The van der Waals surface area contributed by atoms with Crippen molar-refractivity contribution in [3.63, 3.8) is 0 Å². The van der Waals surface area contributed by atoms with E-state index in [-0.39, 0.29) is 11.7 Å². The molecule has 2 aromatic heterocycles. The number of halogens is 1. The van der Waals surface area contributed by atoms with Gasteiger partial charge in [0, 0.05) is 35.9 Å². The minimum Gasteiger partial charge on any atom is -0.496 e. The Balaban J connectivity index is 1.35. The molecule has 0 aliphatic carbocycles. The van der Waals surface area contributed by atoms with Crippen LogP contribution < -0.4 is 4.74 Å². The second kappa shape index (κ2) is 8.28. The predicted molar refractivity (Wildman–Crippen MR) is 124 cm³/mol. The Morgan fingerprint density at radius 2 is 2.09 bits per heavy atom. The summed E-state index contributed by atoms with van der Waals surface area (Å²) in [7, 11) is 1.57. The molecule has 2 aliphatic heterocycles. The van der Waals surface area contributed by atoms with E-state index in [4.69, 9.17) is 4.74 Å². The summed E-state index contributed by atoms with van der Waals surface area (Å²) >= 11 is 0. The molecule has 0 unspecified atom stereocenters. The molecule has 3 aromatic rings. The monoisotopic (exact) mass is 450 g/mol. The molecule has 1 amide bonds. The van der Waals surface area contributed by atoms with Crippen molar-refractivity contribution in [2.75, 3.05) is 39.8 Å². The van der Waals surface area contributed by atoms with Crippen molar-refractivity contribution in [1.29, 1.82) is 0 Å². The highest BCUT2D eigenvalue weighted by atomic mass is 19.1. The number of hydrogen-bond acceptors (Lipinski definition) is 5. The summed E-state index contributed by atoms with van der Waals surface area (Å²) in [6.07, 6.45) is 4.64. The molecule has 4 heterocycles. The van der Waals surface area contributed by atoms with Gasteiger partial charge in [-0.05, 0) is 54.8 Å². The number of methoxy groups -OCH3 is 1. The average Bonchev–Trinajstić information content (AvgIpc) is 3.22. The van der Waals surface area contributed by atoms with Crippen LogP contribution in [0.5, 0.6) is 5.75 Å². The molecule has 33 heavy (non-hydrogen) atoms. The highest BCUT2D eigenvalue weighted by Gasteiger charge is 2.39. The number of β-amino-alcohol motifs (C(OH)–C–C–N with tert-alkyl or cyclic N) is 1. The number of fused-ring (bicyclic) bond motifs is 1. The van der Waals surface area contributed by atoms with E-state index in [2.05, 4.69) is 27.0 Å². The van der Waals surface area contributed by atoms with Crippen LogP contribution in [-0.2, 0) is 4.79 Å². The standard InChI is InChI=1S/C25H27FN4O3/c1-25(32)14-30(15-25)23(31)13-29-9-6-16(7-10-29)21-12-20-18(5-8-27-24(20)28-21)19-11-17(26)3-4-22(19)33-2/h3-6,8,11-12,32H,7,9-10,13-15H2,1-2H3,(H,27,28). The lowest BCUT2D eigenvalue weighted by Gasteiger charge is -2.44. The first kappa shape index (κ1) is 21.6. The van der Waals surface area contributed by atoms with Gasteiger partial charge in [-0.25, -0.2) is 9.37 Å². The average molecular weight is 451 g/mol. The number of carbonyl (C=O) groups excluding carboxylic acids is 1. The number of aromatic nitrogens is 2. The van der Waals surface area contributed by atoms with E-state index in [0.29, 0.717) is 37.5 Å². The number of aliphatic hydroxyl groups is 1. The number of aromatic amines is 1. The number of nitrogens with one attached hydrogen (secondary N) is 1. The van der Waals surface area contributed by atoms with Crippen molar-refractivity contribution in [3.05, 3.63) is 54.1 Å². The summed E-state index contributed by atoms with van der Waals surface area (Å²) in [5.74, 6) is 0.340. The highest BCUT2D eigenvalue weighted by Crippen LogP contribution is 2.36. The van der Waals surface area contributed by atoms with Gasteiger partial charge in [-0.15, -0.1) is 0 Å². The Bertz CT molecular complexity index is 1240. The van der Waals surface area contributed by atoms with Crippen LogP contribution in [0.3, 0.4) is 0 Å². The van der Waals surface area contributed by atoms with Crippen molar-refractivity contribution in [1.82, 2.24) is 19.8 Å². The minimum absolute atomic E-state index is 0.0573. The van der Waals surface area contributed by atoms with Crippen LogP contribution in [0.15, 0.2) is 42.6 Å². The Morgan fingerprint density at radius 1 is 1.27 bits per heavy atom. The van der Waals surface area contributed by atoms with Crippen LogP contribution in [0.4, 0.5) is 4.39 Å². The van der Waals surface area contributed by atoms with Gasteiger partial charge < -0.3 is 19.7 Å². The number of pyridine rings is 1. The number of benzene rings is 1. The van der Waals surface area contributed by atoms with Gasteiger partial charge in [0.2, 0.25) is 5.91 Å². The van der Waals surface area contributed by atoms with E-state index in [9.17, 15) is 14.3 Å². The predicted octanol–water partition coefficient (Wildman–Crippen LogP) is 3.06. The molecule has 2 N–H and O–H groups in total. The number of carbonyl (C=O) groups is 1. The fraction of sp³-hybridized carbons (Fsp3) is 0.360. The Hall–Kier alpha value is -3.23. The van der Waals surface area contributed by atoms with Crippen LogP contribution in [-0.4, -0.2) is 76.2 Å². The Kier molecular flexibility index (Phi) is 5.42. The zero-order valence-corrected chi connectivity index (χ0v) is 18.8. The zero-order valence-electron chi connectivity index (χ0n) is 18.8. The summed E-state index contributed by atoms with van der Waals surface area (Å²) in [5.41, 5.74) is 3.67. The molecular formula is C25H27FN4O3. The number of amides is 1. The number of nitrogens with zero attached hydrogens (tertiary/aromatic N) is 3. The molecule has 1 fully saturated rings. The van der Waals surface area contributed by atoms with Crippen molar-refractivity contribution in [2.45, 2.75) is 18.9 Å². The fourth-order valence-electron chi connectivity index (χ4n) is 4.67. The number of hydrogen-bond donors (Lipinski definition) is 2. The van der Waals surface area contributed by atoms with Crippen molar-refractivity contribution < 1.29 is 19.0 Å². The maximum atomic E-state index is 14.0. The number of rotatable bonds is 5. The normalized spacial score (nSPS) is 18.2. The second-order valence-corrected chi connectivity index (χ2v) is 9.11. The molecule has 0 atom stereocenters. The molecule has 0 spiro atoms. The van der Waals surface area contributed by atoms with Crippen LogP contribution in [0, 0.1) is 5.82 Å². The summed E-state index contributed by atoms with van der Waals surface area (Å²) < 4.78 is 19.4. The van der Waals surface area contributed by atoms with E-state index in [1.807, 2.05) is 6.07 Å². The maximum absolute atomic E-state index is 14.0. The fourth-order valence-corrected chi connectivity index (χ4v) is 4.67. The quantitative estimate of drug-likeness (QED) is 0.625. The molecule has 8 heteroatoms. The summed E-state index contributed by atoms with van der Waals surface area (Å²) in [6, 6.07) is 8.42. The molecular weight excluding hydrogens is 423 g/mol. The third-order valence-corrected chi connectivity index (χ3v) is 6.40. The molecule has 2 aliphatic rings. The maximum Gasteiger partial charge on any atom is 0.236 e. The largest absolute Gasteiger partial charge is 0.496 e. The number of H-pyrrole nitrogens is 1. The highest BCUT2D eigenvalue weighted by molar-refractivity contribution is 5.96. The van der Waals surface area contributed by atoms with Crippen molar-refractivity contribution >= 4 is 22.5 Å². The first-order valence-electron chi connectivity index (χ1n) is 11.1. The molecule has 0 saturated carbocycles. The smallest absolute Gasteiger partial charge is 0.236 e. The summed E-state index contributed by atoms with van der Waals surface area (Å²) in [5, 5.41) is 10.7. The molecule has 5 rings (SSSR count). The lowest BCUT2D eigenvalue weighted by atomic mass is 9.97. The van der Waals surface area contributed by atoms with Gasteiger partial charge in [0.15, 0.2) is 0 Å². The molecule has 1 aromatic carbocycles. The van der Waals surface area contributed by atoms with Gasteiger partial charge in [-0.3, -0.25) is 9.69 Å². The van der Waals surface area contributed by atoms with Gasteiger partial charge >= 0.3 is 0 Å². The summed E-state index contributed by atoms with van der Waals surface area (Å²) in [4.78, 5) is 24.1. The first-order valence-corrected chi connectivity index (χ1v) is 11.1. The van der Waals surface area contributed by atoms with Gasteiger partial charge in [0.05, 0.1) is 32.3 Å². The van der Waals surface area contributed by atoms with Gasteiger partial charge in [-0.1, -0.05) is 6.08 Å². The lowest BCUT2D eigenvalue weighted by Crippen LogP contribution is -2.63. The van der Waals surface area contributed by atoms with Crippen LogP contribution >= 0.6 is 0 Å². The first-order chi connectivity index (χ1) is 15.8. The molecule has 7 nitrogen and oxygen atoms in total. The molecule has 1 saturated heterocycles. The van der Waals surface area contributed by atoms with E-state index >= 15 is 0 Å². The number of ether oxygens (including phenoxy) is 1. The summed E-state index contributed by atoms with van der Waals surface area (Å²) in [6.45, 7) is 4.37.